The zero-order valence-corrected chi connectivity index (χ0v) is 13.7. The lowest BCUT2D eigenvalue weighted by atomic mass is 9.45. The van der Waals surface area contributed by atoms with Crippen LogP contribution >= 0.6 is 0 Å². The summed E-state index contributed by atoms with van der Waals surface area (Å²) in [6, 6.07) is 5.87. The van der Waals surface area contributed by atoms with Crippen molar-refractivity contribution in [1.82, 2.24) is 0 Å². The first-order valence-electron chi connectivity index (χ1n) is 7.49. The third-order valence-electron chi connectivity index (χ3n) is 5.04. The van der Waals surface area contributed by atoms with E-state index in [2.05, 4.69) is 40.7 Å². The Morgan fingerprint density at radius 2 is 1.85 bits per heavy atom. The third-order valence-corrected chi connectivity index (χ3v) is 5.04. The molecular formula is C18H28O2. The van der Waals surface area contributed by atoms with Crippen LogP contribution in [0.2, 0.25) is 0 Å². The Bertz CT molecular complexity index is 497. The summed E-state index contributed by atoms with van der Waals surface area (Å²) in [7, 11) is 1.61. The molecule has 1 aromatic carbocycles. The average molecular weight is 276 g/mol. The predicted molar refractivity (Wildman–Crippen MR) is 83.4 cm³/mol. The van der Waals surface area contributed by atoms with E-state index in [1.54, 1.807) is 13.2 Å². The van der Waals surface area contributed by atoms with Crippen molar-refractivity contribution in [3.63, 3.8) is 0 Å². The molecule has 1 N–H and O–H groups in total. The molecule has 1 unspecified atom stereocenters. The van der Waals surface area contributed by atoms with Gasteiger partial charge in [-0.15, -0.1) is 0 Å². The zero-order valence-electron chi connectivity index (χ0n) is 13.7. The maximum atomic E-state index is 9.83. The monoisotopic (exact) mass is 276 g/mol. The molecule has 1 atom stereocenters. The topological polar surface area (TPSA) is 29.5 Å². The molecule has 1 aromatic rings. The van der Waals surface area contributed by atoms with Crippen molar-refractivity contribution in [2.24, 2.45) is 10.8 Å². The van der Waals surface area contributed by atoms with Crippen molar-refractivity contribution in [2.75, 3.05) is 7.11 Å². The van der Waals surface area contributed by atoms with Crippen molar-refractivity contribution in [3.05, 3.63) is 23.8 Å². The fourth-order valence-corrected chi connectivity index (χ4v) is 3.77. The van der Waals surface area contributed by atoms with Gasteiger partial charge in [-0.05, 0) is 47.8 Å². The Morgan fingerprint density at radius 3 is 2.25 bits per heavy atom. The summed E-state index contributed by atoms with van der Waals surface area (Å²) in [4.78, 5) is 0. The summed E-state index contributed by atoms with van der Waals surface area (Å²) >= 11 is 0. The quantitative estimate of drug-likeness (QED) is 0.851. The molecule has 0 aliphatic heterocycles. The lowest BCUT2D eigenvalue weighted by Gasteiger charge is -2.59. The minimum Gasteiger partial charge on any atom is -0.504 e. The van der Waals surface area contributed by atoms with Gasteiger partial charge in [0.15, 0.2) is 11.5 Å². The molecular weight excluding hydrogens is 248 g/mol. The Kier molecular flexibility index (Phi) is 3.56. The molecule has 0 bridgehead atoms. The fourth-order valence-electron chi connectivity index (χ4n) is 3.77. The van der Waals surface area contributed by atoms with Gasteiger partial charge in [0.05, 0.1) is 7.11 Å². The third kappa shape index (κ3) is 2.41. The number of hydrogen-bond acceptors (Lipinski definition) is 2. The molecule has 0 amide bonds. The van der Waals surface area contributed by atoms with Gasteiger partial charge in [-0.2, -0.15) is 0 Å². The molecule has 1 fully saturated rings. The molecule has 0 spiro atoms. The van der Waals surface area contributed by atoms with Crippen molar-refractivity contribution in [3.8, 4) is 11.5 Å². The largest absolute Gasteiger partial charge is 0.504 e. The second-order valence-electron chi connectivity index (χ2n) is 8.09. The molecule has 1 aliphatic rings. The van der Waals surface area contributed by atoms with Crippen molar-refractivity contribution < 1.29 is 9.84 Å². The summed E-state index contributed by atoms with van der Waals surface area (Å²) in [5.41, 5.74) is 2.07. The molecule has 0 heterocycles. The number of hydrogen-bond donors (Lipinski definition) is 1. The first-order valence-corrected chi connectivity index (χ1v) is 7.49. The summed E-state index contributed by atoms with van der Waals surface area (Å²) in [5.74, 6) is 0.803. The summed E-state index contributed by atoms with van der Waals surface area (Å²) in [5, 5.41) is 9.83. The molecule has 2 nitrogen and oxygen atoms in total. The summed E-state index contributed by atoms with van der Waals surface area (Å²) < 4.78 is 5.30. The molecule has 0 saturated heterocycles. The molecule has 2 heteroatoms. The number of phenolic OH excluding ortho intramolecular Hbond substituents is 1. The molecule has 0 aromatic heterocycles. The van der Waals surface area contributed by atoms with Crippen molar-refractivity contribution in [1.29, 1.82) is 0 Å². The Hall–Kier alpha value is -1.18. The van der Waals surface area contributed by atoms with E-state index < -0.39 is 0 Å². The maximum Gasteiger partial charge on any atom is 0.160 e. The van der Waals surface area contributed by atoms with E-state index in [4.69, 9.17) is 4.74 Å². The Labute approximate surface area is 123 Å². The van der Waals surface area contributed by atoms with E-state index in [9.17, 15) is 5.11 Å². The molecule has 2 rings (SSSR count). The number of aromatic hydroxyl groups is 1. The first kappa shape index (κ1) is 15.2. The highest BCUT2D eigenvalue weighted by atomic mass is 16.5. The van der Waals surface area contributed by atoms with Crippen LogP contribution in [0.1, 0.15) is 59.4 Å². The van der Waals surface area contributed by atoms with Crippen LogP contribution in [0.4, 0.5) is 0 Å². The van der Waals surface area contributed by atoms with Crippen molar-refractivity contribution in [2.45, 2.75) is 59.3 Å². The van der Waals surface area contributed by atoms with Crippen LogP contribution in [-0.4, -0.2) is 12.2 Å². The molecule has 0 radical (unpaired) electrons. The van der Waals surface area contributed by atoms with Gasteiger partial charge in [0, 0.05) is 5.41 Å². The number of benzene rings is 1. The van der Waals surface area contributed by atoms with Gasteiger partial charge < -0.3 is 9.84 Å². The zero-order chi connectivity index (χ0) is 15.2. The lowest BCUT2D eigenvalue weighted by Crippen LogP contribution is -2.53. The molecule has 1 saturated carbocycles. The number of ether oxygens (including phenoxy) is 1. The lowest BCUT2D eigenvalue weighted by molar-refractivity contribution is -0.00764. The highest BCUT2D eigenvalue weighted by Gasteiger charge is 2.55. The van der Waals surface area contributed by atoms with Gasteiger partial charge in [-0.3, -0.25) is 0 Å². The van der Waals surface area contributed by atoms with Crippen LogP contribution in [0.3, 0.4) is 0 Å². The minimum atomic E-state index is 0.187. The first-order chi connectivity index (χ1) is 9.11. The van der Waals surface area contributed by atoms with Gasteiger partial charge >= 0.3 is 0 Å². The van der Waals surface area contributed by atoms with E-state index >= 15 is 0 Å². The normalized spacial score (nSPS) is 25.1. The SMILES string of the molecule is COc1cc(C2(CC(C)(C)C)CCC2(C)C)ccc1O. The van der Waals surface area contributed by atoms with Gasteiger partial charge in [0.2, 0.25) is 0 Å². The van der Waals surface area contributed by atoms with Crippen LogP contribution in [0.5, 0.6) is 11.5 Å². The highest BCUT2D eigenvalue weighted by Crippen LogP contribution is 2.62. The molecule has 112 valence electrons. The van der Waals surface area contributed by atoms with Gasteiger partial charge in [-0.25, -0.2) is 0 Å². The van der Waals surface area contributed by atoms with Gasteiger partial charge in [0.25, 0.3) is 0 Å². The molecule has 20 heavy (non-hydrogen) atoms. The van der Waals surface area contributed by atoms with Crippen LogP contribution in [0.15, 0.2) is 18.2 Å². The van der Waals surface area contributed by atoms with Crippen LogP contribution in [0, 0.1) is 10.8 Å². The van der Waals surface area contributed by atoms with Crippen LogP contribution < -0.4 is 4.74 Å². The second-order valence-corrected chi connectivity index (χ2v) is 8.09. The second kappa shape index (κ2) is 4.68. The highest BCUT2D eigenvalue weighted by molar-refractivity contribution is 5.46. The summed E-state index contributed by atoms with van der Waals surface area (Å²) in [6.07, 6.45) is 3.62. The van der Waals surface area contributed by atoms with E-state index in [1.165, 1.54) is 18.4 Å². The summed E-state index contributed by atoms with van der Waals surface area (Å²) in [6.45, 7) is 11.6. The van der Waals surface area contributed by atoms with Crippen LogP contribution in [0.25, 0.3) is 0 Å². The van der Waals surface area contributed by atoms with E-state index in [-0.39, 0.29) is 16.6 Å². The van der Waals surface area contributed by atoms with Crippen molar-refractivity contribution >= 4 is 0 Å². The Morgan fingerprint density at radius 1 is 1.20 bits per heavy atom. The predicted octanol–water partition coefficient (Wildman–Crippen LogP) is 4.89. The van der Waals surface area contributed by atoms with E-state index in [0.717, 1.165) is 6.42 Å². The average Bonchev–Trinajstić information content (AvgIpc) is 2.34. The number of rotatable bonds is 3. The fraction of sp³-hybridized carbons (Fsp3) is 0.667. The van der Waals surface area contributed by atoms with Gasteiger partial charge in [0.1, 0.15) is 0 Å². The Balaban J connectivity index is 2.48. The van der Waals surface area contributed by atoms with E-state index in [1.807, 2.05) is 6.07 Å². The maximum absolute atomic E-state index is 9.83. The van der Waals surface area contributed by atoms with Gasteiger partial charge in [-0.1, -0.05) is 40.7 Å². The van der Waals surface area contributed by atoms with Crippen LogP contribution in [-0.2, 0) is 5.41 Å². The smallest absolute Gasteiger partial charge is 0.160 e. The molecule has 1 aliphatic carbocycles. The minimum absolute atomic E-state index is 0.187. The van der Waals surface area contributed by atoms with E-state index in [0.29, 0.717) is 11.2 Å². The number of methoxy groups -OCH3 is 1. The standard InChI is InChI=1S/C18H28O2/c1-16(2,3)12-18(10-9-17(18,4)5)13-7-8-14(19)15(11-13)20-6/h7-8,11,19H,9-10,12H2,1-6H3. The number of phenols is 1.